The van der Waals surface area contributed by atoms with Gasteiger partial charge < -0.3 is 44.6 Å². The Bertz CT molecular complexity index is 1190. The van der Waals surface area contributed by atoms with Gasteiger partial charge in [-0.25, -0.2) is 0 Å². The summed E-state index contributed by atoms with van der Waals surface area (Å²) < 4.78 is 0. The molecule has 2 aromatic carbocycles. The van der Waals surface area contributed by atoms with Crippen LogP contribution in [0.2, 0.25) is 0 Å². The summed E-state index contributed by atoms with van der Waals surface area (Å²) in [4.78, 5) is 56.0. The number of nitrogens with zero attached hydrogens (tertiary/aromatic N) is 1. The molecule has 0 fully saturated rings. The molecule has 13 N–H and O–H groups in total. The van der Waals surface area contributed by atoms with Crippen LogP contribution in [0.3, 0.4) is 0 Å². The van der Waals surface area contributed by atoms with E-state index in [0.717, 1.165) is 11.1 Å². The summed E-state index contributed by atoms with van der Waals surface area (Å²) in [6.45, 7) is 0.724. The zero-order valence-electron chi connectivity index (χ0n) is 24.4. The van der Waals surface area contributed by atoms with E-state index in [1.165, 1.54) is 0 Å². The van der Waals surface area contributed by atoms with Gasteiger partial charge in [0.15, 0.2) is 5.96 Å². The second-order valence-corrected chi connectivity index (χ2v) is 10.3. The number of aliphatic imine (C=N–C) groups is 1. The first-order chi connectivity index (χ1) is 20.6. The standard InChI is InChI=1S/C30H45N9O4/c31-16-8-7-15-23(28(42)38-24(26(33)40)18-20-10-3-1-4-11-20)37-29(43)25(19-21-12-5-2-6-13-21)39-27(41)22(32)14-9-17-36-30(34)35/h1-6,10-13,22-25H,7-9,14-19,31-32H2,(H2,33,40)(H,37,43)(H,38,42)(H,39,41)(H4,34,35,36)/t22-,23+,24+,25+/m1/s1. The van der Waals surface area contributed by atoms with Gasteiger partial charge in [-0.3, -0.25) is 24.2 Å². The minimum absolute atomic E-state index is 0.0510. The van der Waals surface area contributed by atoms with E-state index in [1.807, 2.05) is 60.7 Å². The van der Waals surface area contributed by atoms with Gasteiger partial charge in [0.1, 0.15) is 18.1 Å². The van der Waals surface area contributed by atoms with Crippen LogP contribution in [0.4, 0.5) is 0 Å². The maximum absolute atomic E-state index is 13.6. The summed E-state index contributed by atoms with van der Waals surface area (Å²) in [5.41, 5.74) is 29.6. The number of primary amides is 1. The number of nitrogens with one attached hydrogen (secondary N) is 3. The van der Waals surface area contributed by atoms with Crippen LogP contribution in [-0.4, -0.2) is 66.8 Å². The van der Waals surface area contributed by atoms with Crippen LogP contribution in [-0.2, 0) is 32.0 Å². The van der Waals surface area contributed by atoms with Crippen molar-refractivity contribution in [2.45, 2.75) is 69.1 Å². The van der Waals surface area contributed by atoms with E-state index in [1.54, 1.807) is 0 Å². The van der Waals surface area contributed by atoms with Crippen LogP contribution in [0.1, 0.15) is 43.2 Å². The van der Waals surface area contributed by atoms with Crippen LogP contribution in [0.25, 0.3) is 0 Å². The van der Waals surface area contributed by atoms with Crippen molar-refractivity contribution in [1.29, 1.82) is 0 Å². The topological polar surface area (TPSA) is 247 Å². The molecule has 234 valence electrons. The molecule has 0 unspecified atom stereocenters. The fourth-order valence-electron chi connectivity index (χ4n) is 4.37. The predicted octanol–water partition coefficient (Wildman–Crippen LogP) is -1.08. The molecule has 4 amide bonds. The van der Waals surface area contributed by atoms with Gasteiger partial charge in [-0.1, -0.05) is 60.7 Å². The zero-order chi connectivity index (χ0) is 31.6. The van der Waals surface area contributed by atoms with Gasteiger partial charge in [-0.15, -0.1) is 0 Å². The normalized spacial score (nSPS) is 13.5. The molecule has 0 aliphatic rings. The summed E-state index contributed by atoms with van der Waals surface area (Å²) >= 11 is 0. The average Bonchev–Trinajstić information content (AvgIpc) is 2.98. The summed E-state index contributed by atoms with van der Waals surface area (Å²) in [5, 5.41) is 8.19. The molecular formula is C30H45N9O4. The van der Waals surface area contributed by atoms with Gasteiger partial charge in [-0.05, 0) is 49.8 Å². The summed E-state index contributed by atoms with van der Waals surface area (Å²) in [6, 6.07) is 14.4. The minimum Gasteiger partial charge on any atom is -0.370 e. The summed E-state index contributed by atoms with van der Waals surface area (Å²) in [7, 11) is 0. The molecule has 0 heterocycles. The number of nitrogens with two attached hydrogens (primary N) is 5. The van der Waals surface area contributed by atoms with Gasteiger partial charge in [0, 0.05) is 19.4 Å². The third-order valence-corrected chi connectivity index (χ3v) is 6.74. The smallest absolute Gasteiger partial charge is 0.243 e. The number of hydrogen-bond donors (Lipinski definition) is 8. The number of rotatable bonds is 19. The molecule has 0 bridgehead atoms. The fourth-order valence-corrected chi connectivity index (χ4v) is 4.37. The third-order valence-electron chi connectivity index (χ3n) is 6.74. The third kappa shape index (κ3) is 13.4. The number of amides is 4. The van der Waals surface area contributed by atoms with Crippen LogP contribution < -0.4 is 44.6 Å². The van der Waals surface area contributed by atoms with Gasteiger partial charge in [-0.2, -0.15) is 0 Å². The van der Waals surface area contributed by atoms with Crippen molar-refractivity contribution in [3.8, 4) is 0 Å². The molecule has 0 spiro atoms. The average molecular weight is 596 g/mol. The SMILES string of the molecule is NCCCC[C@H](NC(=O)[C@H](Cc1ccccc1)NC(=O)[C@H](N)CCCN=C(N)N)C(=O)N[C@@H](Cc1ccccc1)C(N)=O. The lowest BCUT2D eigenvalue weighted by molar-refractivity contribution is -0.133. The molecule has 0 aromatic heterocycles. The van der Waals surface area contributed by atoms with Crippen molar-refractivity contribution in [3.05, 3.63) is 71.8 Å². The number of carbonyl (C=O) groups excluding carboxylic acids is 4. The number of benzene rings is 2. The Balaban J connectivity index is 2.18. The first-order valence-corrected chi connectivity index (χ1v) is 14.4. The van der Waals surface area contributed by atoms with E-state index >= 15 is 0 Å². The molecule has 0 saturated heterocycles. The van der Waals surface area contributed by atoms with E-state index in [0.29, 0.717) is 38.8 Å². The number of guanidine groups is 1. The van der Waals surface area contributed by atoms with E-state index in [2.05, 4.69) is 20.9 Å². The fraction of sp³-hybridized carbons (Fsp3) is 0.433. The van der Waals surface area contributed by atoms with Crippen molar-refractivity contribution in [2.24, 2.45) is 33.7 Å². The monoisotopic (exact) mass is 595 g/mol. The highest BCUT2D eigenvalue weighted by Gasteiger charge is 2.30. The zero-order valence-corrected chi connectivity index (χ0v) is 24.4. The van der Waals surface area contributed by atoms with Gasteiger partial charge in [0.2, 0.25) is 23.6 Å². The van der Waals surface area contributed by atoms with Crippen molar-refractivity contribution >= 4 is 29.6 Å². The van der Waals surface area contributed by atoms with E-state index in [-0.39, 0.29) is 25.2 Å². The van der Waals surface area contributed by atoms with Crippen molar-refractivity contribution in [2.75, 3.05) is 13.1 Å². The molecule has 13 nitrogen and oxygen atoms in total. The van der Waals surface area contributed by atoms with E-state index < -0.39 is 47.8 Å². The second kappa shape index (κ2) is 18.8. The molecule has 0 radical (unpaired) electrons. The highest BCUT2D eigenvalue weighted by atomic mass is 16.2. The minimum atomic E-state index is -1.03. The molecule has 2 rings (SSSR count). The molecule has 0 aliphatic heterocycles. The maximum Gasteiger partial charge on any atom is 0.243 e. The first kappa shape index (κ1) is 34.7. The van der Waals surface area contributed by atoms with Gasteiger partial charge in [0.05, 0.1) is 6.04 Å². The molecular weight excluding hydrogens is 550 g/mol. The van der Waals surface area contributed by atoms with E-state index in [4.69, 9.17) is 28.7 Å². The highest BCUT2D eigenvalue weighted by Crippen LogP contribution is 2.09. The number of hydrogen-bond acceptors (Lipinski definition) is 7. The summed E-state index contributed by atoms with van der Waals surface area (Å²) in [6.07, 6.45) is 2.56. The summed E-state index contributed by atoms with van der Waals surface area (Å²) in [5.74, 6) is -2.42. The van der Waals surface area contributed by atoms with Crippen LogP contribution in [0, 0.1) is 0 Å². The highest BCUT2D eigenvalue weighted by molar-refractivity contribution is 5.94. The maximum atomic E-state index is 13.6. The Kier molecular flexibility index (Phi) is 15.2. The number of carbonyl (C=O) groups is 4. The molecule has 2 aromatic rings. The Morgan fingerprint density at radius 2 is 1.16 bits per heavy atom. The molecule has 4 atom stereocenters. The van der Waals surface area contributed by atoms with Gasteiger partial charge in [0.25, 0.3) is 0 Å². The van der Waals surface area contributed by atoms with Crippen LogP contribution in [0.5, 0.6) is 0 Å². The Hall–Kier alpha value is -4.49. The molecule has 0 saturated carbocycles. The van der Waals surface area contributed by atoms with Crippen LogP contribution in [0.15, 0.2) is 65.7 Å². The Morgan fingerprint density at radius 1 is 0.651 bits per heavy atom. The van der Waals surface area contributed by atoms with Gasteiger partial charge >= 0.3 is 0 Å². The van der Waals surface area contributed by atoms with Crippen LogP contribution >= 0.6 is 0 Å². The number of unbranched alkanes of at least 4 members (excludes halogenated alkanes) is 1. The quantitative estimate of drug-likeness (QED) is 0.0562. The Labute approximate surface area is 252 Å². The first-order valence-electron chi connectivity index (χ1n) is 14.4. The molecule has 43 heavy (non-hydrogen) atoms. The van der Waals surface area contributed by atoms with Crippen molar-refractivity contribution < 1.29 is 19.2 Å². The lowest BCUT2D eigenvalue weighted by Gasteiger charge is -2.25. The lowest BCUT2D eigenvalue weighted by atomic mass is 10.0. The van der Waals surface area contributed by atoms with Crippen molar-refractivity contribution in [3.63, 3.8) is 0 Å². The molecule has 13 heteroatoms. The molecule has 0 aliphatic carbocycles. The Morgan fingerprint density at radius 3 is 1.70 bits per heavy atom. The van der Waals surface area contributed by atoms with Crippen molar-refractivity contribution in [1.82, 2.24) is 16.0 Å². The van der Waals surface area contributed by atoms with E-state index in [9.17, 15) is 19.2 Å². The largest absolute Gasteiger partial charge is 0.370 e. The lowest BCUT2D eigenvalue weighted by Crippen LogP contribution is -2.58. The second-order valence-electron chi connectivity index (χ2n) is 10.3. The predicted molar refractivity (Wildman–Crippen MR) is 166 cm³/mol.